The van der Waals surface area contributed by atoms with Crippen molar-refractivity contribution in [2.45, 2.75) is 64.3 Å². The Bertz CT molecular complexity index is 577. The Labute approximate surface area is 141 Å². The highest BCUT2D eigenvalue weighted by atomic mass is 15.2. The van der Waals surface area contributed by atoms with E-state index in [1.54, 1.807) is 11.1 Å². The van der Waals surface area contributed by atoms with E-state index in [1.165, 1.54) is 50.9 Å². The van der Waals surface area contributed by atoms with Gasteiger partial charge >= 0.3 is 0 Å². The molecule has 1 aromatic rings. The zero-order valence-electron chi connectivity index (χ0n) is 15.1. The molecule has 3 atom stereocenters. The summed E-state index contributed by atoms with van der Waals surface area (Å²) in [5.41, 5.74) is 4.92. The van der Waals surface area contributed by atoms with Gasteiger partial charge in [-0.3, -0.25) is 4.90 Å². The Balaban J connectivity index is 1.63. The molecule has 3 aliphatic rings. The average molecular weight is 313 g/mol. The number of hydrogen-bond acceptors (Lipinski definition) is 2. The van der Waals surface area contributed by atoms with Crippen LogP contribution >= 0.6 is 0 Å². The average Bonchev–Trinajstić information content (AvgIpc) is 3.36. The number of nitrogens with zero attached hydrogens (tertiary/aromatic N) is 1. The molecule has 0 radical (unpaired) electrons. The molecule has 2 heteroatoms. The zero-order chi connectivity index (χ0) is 16.0. The fourth-order valence-corrected chi connectivity index (χ4v) is 4.95. The quantitative estimate of drug-likeness (QED) is 0.864. The lowest BCUT2D eigenvalue weighted by Crippen LogP contribution is -2.58. The van der Waals surface area contributed by atoms with Crippen molar-refractivity contribution >= 4 is 5.69 Å². The minimum absolute atomic E-state index is 0.363. The molecule has 1 saturated heterocycles. The number of benzene rings is 1. The standard InChI is InChI=1S/C21H32N2/c1-4-10-22-18-8-7-17-12-20-15(2)21(3,19(17)13-18)9-11-23(20)14-16-5-6-16/h7-8,13,15-16,20,22H,4-6,9-12,14H2,1-3H3/t15?,20-,21-/m1/s1. The summed E-state index contributed by atoms with van der Waals surface area (Å²) >= 11 is 0. The Morgan fingerprint density at radius 3 is 2.87 bits per heavy atom. The number of piperidine rings is 1. The van der Waals surface area contributed by atoms with Gasteiger partial charge in [0.1, 0.15) is 0 Å². The van der Waals surface area contributed by atoms with E-state index in [0.29, 0.717) is 5.41 Å². The van der Waals surface area contributed by atoms with Crippen molar-refractivity contribution in [2.75, 3.05) is 25.0 Å². The molecule has 1 heterocycles. The lowest BCUT2D eigenvalue weighted by atomic mass is 9.59. The highest BCUT2D eigenvalue weighted by molar-refractivity contribution is 5.53. The minimum Gasteiger partial charge on any atom is -0.385 e. The molecule has 23 heavy (non-hydrogen) atoms. The van der Waals surface area contributed by atoms with Gasteiger partial charge in [-0.25, -0.2) is 0 Å². The molecule has 2 nitrogen and oxygen atoms in total. The fourth-order valence-electron chi connectivity index (χ4n) is 4.95. The Morgan fingerprint density at radius 1 is 1.30 bits per heavy atom. The van der Waals surface area contributed by atoms with Crippen LogP contribution in [0, 0.1) is 11.8 Å². The first-order valence-electron chi connectivity index (χ1n) is 9.73. The van der Waals surface area contributed by atoms with Crippen LogP contribution in [0.25, 0.3) is 0 Å². The summed E-state index contributed by atoms with van der Waals surface area (Å²) in [6.45, 7) is 11.0. The molecule has 1 aromatic carbocycles. The largest absolute Gasteiger partial charge is 0.385 e. The number of nitrogens with one attached hydrogen (secondary N) is 1. The van der Waals surface area contributed by atoms with E-state index in [9.17, 15) is 0 Å². The summed E-state index contributed by atoms with van der Waals surface area (Å²) in [5, 5.41) is 3.58. The Hall–Kier alpha value is -1.02. The topological polar surface area (TPSA) is 15.3 Å². The Kier molecular flexibility index (Phi) is 3.91. The second kappa shape index (κ2) is 5.81. The van der Waals surface area contributed by atoms with Crippen LogP contribution in [-0.4, -0.2) is 30.6 Å². The molecule has 0 amide bonds. The summed E-state index contributed by atoms with van der Waals surface area (Å²) < 4.78 is 0. The molecule has 4 rings (SSSR count). The van der Waals surface area contributed by atoms with Gasteiger partial charge in [-0.2, -0.15) is 0 Å². The highest BCUT2D eigenvalue weighted by Gasteiger charge is 2.48. The van der Waals surface area contributed by atoms with E-state index >= 15 is 0 Å². The van der Waals surface area contributed by atoms with Crippen LogP contribution in [-0.2, 0) is 11.8 Å². The van der Waals surface area contributed by atoms with E-state index in [-0.39, 0.29) is 0 Å². The van der Waals surface area contributed by atoms with Gasteiger partial charge in [-0.05, 0) is 79.2 Å². The lowest BCUT2D eigenvalue weighted by Gasteiger charge is -2.55. The first-order valence-corrected chi connectivity index (χ1v) is 9.73. The van der Waals surface area contributed by atoms with E-state index < -0.39 is 0 Å². The van der Waals surface area contributed by atoms with Gasteiger partial charge in [0.25, 0.3) is 0 Å². The van der Waals surface area contributed by atoms with Gasteiger partial charge < -0.3 is 5.32 Å². The van der Waals surface area contributed by atoms with Crippen molar-refractivity contribution in [1.82, 2.24) is 4.90 Å². The minimum atomic E-state index is 0.363. The number of fused-ring (bicyclic) bond motifs is 4. The van der Waals surface area contributed by atoms with E-state index in [4.69, 9.17) is 0 Å². The molecule has 1 unspecified atom stereocenters. The normalized spacial score (nSPS) is 33.3. The summed E-state index contributed by atoms with van der Waals surface area (Å²) in [6, 6.07) is 7.94. The molecular weight excluding hydrogens is 280 g/mol. The van der Waals surface area contributed by atoms with Gasteiger partial charge in [-0.15, -0.1) is 0 Å². The summed E-state index contributed by atoms with van der Waals surface area (Å²) in [4.78, 5) is 2.83. The van der Waals surface area contributed by atoms with Crippen molar-refractivity contribution in [3.63, 3.8) is 0 Å². The highest BCUT2D eigenvalue weighted by Crippen LogP contribution is 2.49. The molecule has 1 aliphatic heterocycles. The molecule has 2 fully saturated rings. The second-order valence-corrected chi connectivity index (χ2v) is 8.46. The summed E-state index contributed by atoms with van der Waals surface area (Å²) in [5.74, 6) is 1.78. The van der Waals surface area contributed by atoms with Crippen LogP contribution in [0.5, 0.6) is 0 Å². The van der Waals surface area contributed by atoms with Crippen molar-refractivity contribution in [2.24, 2.45) is 11.8 Å². The SMILES string of the molecule is CCCNc1ccc2c(c1)[C@]1(C)CCN(CC3CC3)[C@H](C2)C1C. The number of likely N-dealkylation sites (tertiary alicyclic amines) is 1. The number of anilines is 1. The van der Waals surface area contributed by atoms with Gasteiger partial charge in [0.15, 0.2) is 0 Å². The predicted octanol–water partition coefficient (Wildman–Crippen LogP) is 4.44. The van der Waals surface area contributed by atoms with Crippen LogP contribution in [0.1, 0.15) is 57.6 Å². The predicted molar refractivity (Wildman–Crippen MR) is 98.1 cm³/mol. The fraction of sp³-hybridized carbons (Fsp3) is 0.714. The van der Waals surface area contributed by atoms with Crippen LogP contribution in [0.15, 0.2) is 18.2 Å². The maximum atomic E-state index is 3.58. The maximum Gasteiger partial charge on any atom is 0.0343 e. The van der Waals surface area contributed by atoms with Crippen molar-refractivity contribution in [1.29, 1.82) is 0 Å². The van der Waals surface area contributed by atoms with Crippen LogP contribution in [0.4, 0.5) is 5.69 Å². The van der Waals surface area contributed by atoms with Crippen molar-refractivity contribution in [3.05, 3.63) is 29.3 Å². The monoisotopic (exact) mass is 312 g/mol. The molecule has 2 aliphatic carbocycles. The van der Waals surface area contributed by atoms with Crippen LogP contribution in [0.2, 0.25) is 0 Å². The number of rotatable bonds is 5. The molecule has 126 valence electrons. The lowest BCUT2D eigenvalue weighted by molar-refractivity contribution is 0.0284. The van der Waals surface area contributed by atoms with E-state index in [1.807, 2.05) is 0 Å². The first kappa shape index (κ1) is 15.5. The van der Waals surface area contributed by atoms with Crippen molar-refractivity contribution < 1.29 is 0 Å². The van der Waals surface area contributed by atoms with E-state index in [0.717, 1.165) is 24.4 Å². The van der Waals surface area contributed by atoms with Crippen molar-refractivity contribution in [3.8, 4) is 0 Å². The smallest absolute Gasteiger partial charge is 0.0343 e. The molecule has 1 saturated carbocycles. The third-order valence-corrected chi connectivity index (χ3v) is 6.89. The van der Waals surface area contributed by atoms with Gasteiger partial charge in [0.05, 0.1) is 0 Å². The molecule has 2 bridgehead atoms. The third kappa shape index (κ3) is 2.69. The third-order valence-electron chi connectivity index (χ3n) is 6.89. The van der Waals surface area contributed by atoms with Gasteiger partial charge in [0, 0.05) is 24.8 Å². The van der Waals surface area contributed by atoms with Gasteiger partial charge in [-0.1, -0.05) is 26.8 Å². The first-order chi connectivity index (χ1) is 11.1. The molecule has 0 aromatic heterocycles. The zero-order valence-corrected chi connectivity index (χ0v) is 15.1. The maximum absolute atomic E-state index is 3.58. The van der Waals surface area contributed by atoms with Crippen LogP contribution in [0.3, 0.4) is 0 Å². The molecular formula is C21H32N2. The molecule has 1 N–H and O–H groups in total. The summed E-state index contributed by atoms with van der Waals surface area (Å²) in [6.07, 6.45) is 6.70. The van der Waals surface area contributed by atoms with Crippen LogP contribution < -0.4 is 5.32 Å². The summed E-state index contributed by atoms with van der Waals surface area (Å²) in [7, 11) is 0. The van der Waals surface area contributed by atoms with E-state index in [2.05, 4.69) is 49.2 Å². The molecule has 0 spiro atoms. The van der Waals surface area contributed by atoms with Gasteiger partial charge in [0.2, 0.25) is 0 Å². The second-order valence-electron chi connectivity index (χ2n) is 8.46. The Morgan fingerprint density at radius 2 is 2.13 bits per heavy atom. The number of hydrogen-bond donors (Lipinski definition) is 1.